The fourth-order valence-corrected chi connectivity index (χ4v) is 1.87. The molecule has 1 atom stereocenters. The summed E-state index contributed by atoms with van der Waals surface area (Å²) in [5.74, 6) is -37.3. The van der Waals surface area contributed by atoms with E-state index in [4.69, 9.17) is 0 Å². The maximum absolute atomic E-state index is 13.2. The fraction of sp³-hybridized carbons (Fsp3) is 0.909. The molecule has 0 rings (SSSR count). The van der Waals surface area contributed by atoms with E-state index in [0.29, 0.717) is 6.16 Å². The molecule has 0 saturated carbocycles. The van der Waals surface area contributed by atoms with Crippen molar-refractivity contribution in [3.05, 3.63) is 0 Å². The third kappa shape index (κ3) is 4.30. The van der Waals surface area contributed by atoms with Gasteiger partial charge in [0.05, 0.1) is 6.16 Å². The van der Waals surface area contributed by atoms with E-state index < -0.39 is 54.8 Å². The maximum Gasteiger partial charge on any atom is 0.384 e. The predicted molar refractivity (Wildman–Crippen MR) is 65.4 cm³/mol. The van der Waals surface area contributed by atoms with Crippen molar-refractivity contribution in [3.8, 4) is 0 Å². The molecule has 0 aliphatic rings. The molecule has 0 spiro atoms. The van der Waals surface area contributed by atoms with Crippen molar-refractivity contribution < 1.29 is 62.2 Å². The van der Waals surface area contributed by atoms with Crippen molar-refractivity contribution in [3.63, 3.8) is 0 Å². The molecule has 0 aromatic carbocycles. The first-order valence-electron chi connectivity index (χ1n) is 6.43. The van der Waals surface area contributed by atoms with Gasteiger partial charge in [-0.25, -0.2) is 8.78 Å². The summed E-state index contributed by atoms with van der Waals surface area (Å²) >= 11 is 0. The van der Waals surface area contributed by atoms with Crippen LogP contribution in [0.2, 0.25) is 0 Å². The highest BCUT2D eigenvalue weighted by Crippen LogP contribution is 2.58. The summed E-state index contributed by atoms with van der Waals surface area (Å²) in [4.78, 5) is 10.9. The molecule has 0 amide bonds. The molecule has 0 fully saturated rings. The number of ether oxygens (including phenoxy) is 1. The lowest BCUT2D eigenvalue weighted by Gasteiger charge is -2.38. The van der Waals surface area contributed by atoms with Gasteiger partial charge >= 0.3 is 42.0 Å². The molecule has 15 heteroatoms. The van der Waals surface area contributed by atoms with Crippen LogP contribution < -0.4 is 0 Å². The highest BCUT2D eigenvalue weighted by atomic mass is 31.1. The molecule has 0 heterocycles. The number of alkyl halides is 12. The van der Waals surface area contributed by atoms with Crippen molar-refractivity contribution in [2.75, 3.05) is 18.9 Å². The van der Waals surface area contributed by atoms with Gasteiger partial charge in [-0.05, 0) is 6.16 Å². The van der Waals surface area contributed by atoms with Crippen LogP contribution in [0.15, 0.2) is 0 Å². The van der Waals surface area contributed by atoms with Crippen LogP contribution >= 0.6 is 8.58 Å². The summed E-state index contributed by atoms with van der Waals surface area (Å²) in [5.41, 5.74) is 0. The summed E-state index contributed by atoms with van der Waals surface area (Å²) in [7, 11) is -0.213. The van der Waals surface area contributed by atoms with Crippen LogP contribution in [-0.2, 0) is 9.53 Å². The van der Waals surface area contributed by atoms with Gasteiger partial charge < -0.3 is 4.74 Å². The molecule has 0 aliphatic heterocycles. The molecule has 0 aromatic heterocycles. The zero-order valence-corrected chi connectivity index (χ0v) is 13.6. The van der Waals surface area contributed by atoms with Crippen LogP contribution in [-0.4, -0.2) is 60.9 Å². The quantitative estimate of drug-likeness (QED) is 0.284. The first-order chi connectivity index (χ1) is 11.4. The van der Waals surface area contributed by atoms with Crippen molar-refractivity contribution in [2.45, 2.75) is 43.0 Å². The second-order valence-electron chi connectivity index (χ2n) is 4.79. The minimum absolute atomic E-state index is 0.213. The minimum Gasteiger partial charge on any atom is -0.459 e. The Hall–Kier alpha value is -0.940. The number of carbonyl (C=O) groups is 1. The van der Waals surface area contributed by atoms with Gasteiger partial charge in [0, 0.05) is 0 Å². The van der Waals surface area contributed by atoms with Crippen LogP contribution in [0.3, 0.4) is 0 Å². The second kappa shape index (κ2) is 7.97. The molecule has 0 bridgehead atoms. The molecule has 0 aromatic rings. The average molecular weight is 434 g/mol. The third-order valence-corrected chi connectivity index (χ3v) is 3.91. The molecule has 0 aliphatic carbocycles. The Balaban J connectivity index is 5.63. The number of hydrogen-bond acceptors (Lipinski definition) is 2. The van der Waals surface area contributed by atoms with Crippen LogP contribution in [0.25, 0.3) is 0 Å². The third-order valence-electron chi connectivity index (χ3n) is 2.87. The number of hydrogen-bond donors (Lipinski definition) is 0. The van der Waals surface area contributed by atoms with E-state index in [1.807, 2.05) is 0 Å². The standard InChI is InChI=1S/C11H11F12O2P/c1-2-26-3-5(24)25-4-7(14,15)9(18,19)11(22,23)10(20,21)8(16,17)6(12)13/h6,26H,2-4H2,1H3. The predicted octanol–water partition coefficient (Wildman–Crippen LogP) is 4.67. The van der Waals surface area contributed by atoms with E-state index in [2.05, 4.69) is 4.74 Å². The summed E-state index contributed by atoms with van der Waals surface area (Å²) in [5, 5.41) is 0. The summed E-state index contributed by atoms with van der Waals surface area (Å²) in [6, 6.07) is 0. The van der Waals surface area contributed by atoms with Crippen LogP contribution in [0.5, 0.6) is 0 Å². The molecule has 26 heavy (non-hydrogen) atoms. The molecule has 1 unspecified atom stereocenters. The van der Waals surface area contributed by atoms with E-state index in [9.17, 15) is 57.5 Å². The lowest BCUT2D eigenvalue weighted by molar-refractivity contribution is -0.414. The number of halogens is 12. The Morgan fingerprint density at radius 2 is 1.35 bits per heavy atom. The minimum atomic E-state index is -7.61. The Morgan fingerprint density at radius 1 is 0.885 bits per heavy atom. The molecule has 0 N–H and O–H groups in total. The highest BCUT2D eigenvalue weighted by molar-refractivity contribution is 7.39. The SMILES string of the molecule is CCPCC(=O)OCC(F)(F)C(F)(F)C(F)(F)C(F)(F)C(F)(F)C(F)F. The van der Waals surface area contributed by atoms with Gasteiger partial charge in [0.15, 0.2) is 6.61 Å². The Labute approximate surface area is 140 Å². The van der Waals surface area contributed by atoms with Gasteiger partial charge in [-0.3, -0.25) is 4.79 Å². The zero-order valence-electron chi connectivity index (χ0n) is 12.6. The van der Waals surface area contributed by atoms with Gasteiger partial charge in [-0.15, -0.1) is 8.58 Å². The fourth-order valence-electron chi connectivity index (χ4n) is 1.31. The Morgan fingerprint density at radius 3 is 1.73 bits per heavy atom. The Bertz CT molecular complexity index is 494. The van der Waals surface area contributed by atoms with Crippen LogP contribution in [0, 0.1) is 0 Å². The molecular weight excluding hydrogens is 423 g/mol. The summed E-state index contributed by atoms with van der Waals surface area (Å²) in [6.45, 7) is -1.32. The second-order valence-corrected chi connectivity index (χ2v) is 6.35. The van der Waals surface area contributed by atoms with Gasteiger partial charge in [0.2, 0.25) is 0 Å². The first kappa shape index (κ1) is 25.1. The van der Waals surface area contributed by atoms with Gasteiger partial charge in [0.1, 0.15) is 0 Å². The smallest absolute Gasteiger partial charge is 0.384 e. The van der Waals surface area contributed by atoms with E-state index >= 15 is 0 Å². The molecular formula is C11H11F12O2P. The number of carbonyl (C=O) groups excluding carboxylic acids is 1. The lowest BCUT2D eigenvalue weighted by Crippen LogP contribution is -2.69. The van der Waals surface area contributed by atoms with Gasteiger partial charge in [-0.2, -0.15) is 43.9 Å². The summed E-state index contributed by atoms with van der Waals surface area (Å²) in [6.07, 6.45) is -5.79. The average Bonchev–Trinajstić information content (AvgIpc) is 2.49. The van der Waals surface area contributed by atoms with E-state index in [1.54, 1.807) is 0 Å². The zero-order chi connectivity index (χ0) is 21.2. The Kier molecular flexibility index (Phi) is 7.68. The van der Waals surface area contributed by atoms with Gasteiger partial charge in [0.25, 0.3) is 0 Å². The number of rotatable bonds is 10. The molecule has 0 saturated heterocycles. The first-order valence-corrected chi connectivity index (χ1v) is 7.85. The van der Waals surface area contributed by atoms with E-state index in [1.165, 1.54) is 6.92 Å². The largest absolute Gasteiger partial charge is 0.459 e. The molecule has 156 valence electrons. The lowest BCUT2D eigenvalue weighted by atomic mass is 9.94. The van der Waals surface area contributed by atoms with Crippen LogP contribution in [0.4, 0.5) is 52.7 Å². The van der Waals surface area contributed by atoms with Gasteiger partial charge in [-0.1, -0.05) is 6.92 Å². The summed E-state index contributed by atoms with van der Waals surface area (Å²) < 4.78 is 157. The van der Waals surface area contributed by atoms with Crippen LogP contribution in [0.1, 0.15) is 6.92 Å². The maximum atomic E-state index is 13.2. The monoisotopic (exact) mass is 434 g/mol. The van der Waals surface area contributed by atoms with E-state index in [-0.39, 0.29) is 8.58 Å². The highest BCUT2D eigenvalue weighted by Gasteiger charge is 2.87. The van der Waals surface area contributed by atoms with Crippen molar-refractivity contribution in [1.82, 2.24) is 0 Å². The van der Waals surface area contributed by atoms with Crippen molar-refractivity contribution in [1.29, 1.82) is 0 Å². The normalized spacial score (nSPS) is 15.2. The molecule has 0 radical (unpaired) electrons. The number of esters is 1. The van der Waals surface area contributed by atoms with Crippen molar-refractivity contribution >= 4 is 14.6 Å². The molecule has 2 nitrogen and oxygen atoms in total. The topological polar surface area (TPSA) is 26.3 Å². The van der Waals surface area contributed by atoms with Crippen molar-refractivity contribution in [2.24, 2.45) is 0 Å². The van der Waals surface area contributed by atoms with E-state index in [0.717, 1.165) is 0 Å².